The van der Waals surface area contributed by atoms with Gasteiger partial charge in [0.2, 0.25) is 6.33 Å². The Bertz CT molecular complexity index is 291. The number of halogens is 6. The molecule has 1 rings (SSSR count). The van der Waals surface area contributed by atoms with Gasteiger partial charge in [-0.25, -0.2) is 4.57 Å². The molecule has 10 heteroatoms. The van der Waals surface area contributed by atoms with Crippen LogP contribution in [-0.4, -0.2) is 11.5 Å². The van der Waals surface area contributed by atoms with Gasteiger partial charge in [0.1, 0.15) is 12.4 Å². The molecule has 1 aromatic heterocycles. The standard InChI is InChI=1S/C6H11N3.F6P/c7-2-1-4-9-5-3-8-6-9;1-7(2,3,4,5)6/h3,5-6H,1-2,4,7H2;/q;-1/p+1. The number of nitrogens with zero attached hydrogens (tertiary/aromatic N) is 1. The van der Waals surface area contributed by atoms with E-state index in [0.717, 1.165) is 19.5 Å². The molecule has 0 aliphatic carbocycles. The van der Waals surface area contributed by atoms with Gasteiger partial charge >= 0.3 is 33.0 Å². The summed E-state index contributed by atoms with van der Waals surface area (Å²) < 4.78 is 61.3. The molecule has 0 aliphatic heterocycles. The fourth-order valence-corrected chi connectivity index (χ4v) is 0.734. The van der Waals surface area contributed by atoms with Crippen LogP contribution < -0.4 is 10.3 Å². The molecule has 16 heavy (non-hydrogen) atoms. The molecule has 98 valence electrons. The van der Waals surface area contributed by atoms with E-state index in [4.69, 9.17) is 5.73 Å². The Kier molecular flexibility index (Phi) is 4.00. The van der Waals surface area contributed by atoms with Crippen molar-refractivity contribution in [2.24, 2.45) is 5.73 Å². The summed E-state index contributed by atoms with van der Waals surface area (Å²) in [4.78, 5) is 2.96. The summed E-state index contributed by atoms with van der Waals surface area (Å²) in [6, 6.07) is 0. The summed E-state index contributed by atoms with van der Waals surface area (Å²) in [7, 11) is -10.7. The number of aromatic nitrogens is 2. The van der Waals surface area contributed by atoms with Crippen molar-refractivity contribution in [3.63, 3.8) is 0 Å². The van der Waals surface area contributed by atoms with Gasteiger partial charge in [-0.1, -0.05) is 0 Å². The minimum absolute atomic E-state index is 0.762. The van der Waals surface area contributed by atoms with Crippen LogP contribution >= 0.6 is 7.81 Å². The molecular weight excluding hydrogens is 259 g/mol. The summed E-state index contributed by atoms with van der Waals surface area (Å²) in [5, 5.41) is 0. The molecule has 0 saturated heterocycles. The zero-order chi connectivity index (χ0) is 12.9. The van der Waals surface area contributed by atoms with Crippen molar-refractivity contribution in [1.29, 1.82) is 0 Å². The van der Waals surface area contributed by atoms with Crippen molar-refractivity contribution in [3.8, 4) is 0 Å². The van der Waals surface area contributed by atoms with Gasteiger partial charge in [-0.05, 0) is 13.0 Å². The first-order chi connectivity index (χ1) is 6.88. The average Bonchev–Trinajstić information content (AvgIpc) is 2.46. The summed E-state index contributed by atoms with van der Waals surface area (Å²) in [5.41, 5.74) is 5.32. The van der Waals surface area contributed by atoms with Gasteiger partial charge in [0.05, 0.1) is 6.54 Å². The molecule has 3 nitrogen and oxygen atoms in total. The molecule has 0 radical (unpaired) electrons. The molecule has 0 spiro atoms. The van der Waals surface area contributed by atoms with E-state index in [1.165, 1.54) is 0 Å². The number of hydrogen-bond acceptors (Lipinski definition) is 1. The Hall–Kier alpha value is -0.820. The Morgan fingerprint density at radius 3 is 1.94 bits per heavy atom. The van der Waals surface area contributed by atoms with E-state index in [0.29, 0.717) is 0 Å². The van der Waals surface area contributed by atoms with Crippen molar-refractivity contribution in [1.82, 2.24) is 4.98 Å². The van der Waals surface area contributed by atoms with Crippen LogP contribution in [0.1, 0.15) is 6.42 Å². The molecule has 0 atom stereocenters. The monoisotopic (exact) mass is 271 g/mol. The number of rotatable bonds is 3. The summed E-state index contributed by atoms with van der Waals surface area (Å²) in [6.07, 6.45) is 6.87. The molecule has 0 unspecified atom stereocenters. The quantitative estimate of drug-likeness (QED) is 0.495. The van der Waals surface area contributed by atoms with Crippen molar-refractivity contribution in [2.45, 2.75) is 13.0 Å². The van der Waals surface area contributed by atoms with Crippen LogP contribution in [0.4, 0.5) is 25.2 Å². The van der Waals surface area contributed by atoms with Crippen LogP contribution in [0.15, 0.2) is 18.7 Å². The first kappa shape index (κ1) is 15.2. The van der Waals surface area contributed by atoms with Crippen LogP contribution in [0, 0.1) is 0 Å². The maximum absolute atomic E-state index is 10.7. The molecule has 1 heterocycles. The Labute approximate surface area is 87.5 Å². The van der Waals surface area contributed by atoms with Gasteiger partial charge in [-0.2, -0.15) is 0 Å². The number of aromatic amines is 1. The third kappa shape index (κ3) is 18.9. The second-order valence-corrected chi connectivity index (χ2v) is 4.87. The van der Waals surface area contributed by atoms with Crippen LogP contribution in [0.2, 0.25) is 0 Å². The average molecular weight is 271 g/mol. The zero-order valence-electron chi connectivity index (χ0n) is 8.09. The number of nitrogens with two attached hydrogens (primary N) is 1. The van der Waals surface area contributed by atoms with Gasteiger partial charge in [-0.3, -0.25) is 4.98 Å². The molecule has 0 aliphatic rings. The first-order valence-electron chi connectivity index (χ1n) is 4.17. The molecule has 0 aromatic carbocycles. The number of hydrogen-bond donors (Lipinski definition) is 2. The largest absolute Gasteiger partial charge is 0.330 e. The normalized spacial score (nSPS) is 15.7. The van der Waals surface area contributed by atoms with Gasteiger partial charge in [0.25, 0.3) is 0 Å². The fourth-order valence-electron chi connectivity index (χ4n) is 0.734. The molecule has 1 aromatic rings. The molecule has 0 fully saturated rings. The maximum Gasteiger partial charge on any atom is 0.241 e. The van der Waals surface area contributed by atoms with Crippen molar-refractivity contribution in [3.05, 3.63) is 18.7 Å². The summed E-state index contributed by atoms with van der Waals surface area (Å²) in [6.45, 7) is 1.78. The van der Waals surface area contributed by atoms with E-state index in [9.17, 15) is 25.2 Å². The predicted octanol–water partition coefficient (Wildman–Crippen LogP) is 3.03. The van der Waals surface area contributed by atoms with Crippen LogP contribution in [0.25, 0.3) is 0 Å². The topological polar surface area (TPSA) is 45.7 Å². The number of imidazole rings is 1. The van der Waals surface area contributed by atoms with E-state index < -0.39 is 7.81 Å². The van der Waals surface area contributed by atoms with Crippen LogP contribution in [0.3, 0.4) is 0 Å². The van der Waals surface area contributed by atoms with Crippen LogP contribution in [-0.2, 0) is 6.54 Å². The van der Waals surface area contributed by atoms with E-state index in [2.05, 4.69) is 9.55 Å². The predicted molar refractivity (Wildman–Crippen MR) is 48.2 cm³/mol. The third-order valence-corrected chi connectivity index (χ3v) is 1.22. The molecular formula is C6H12F6N3P. The Balaban J connectivity index is 0.000000293. The maximum atomic E-state index is 9.87. The molecule has 3 N–H and O–H groups in total. The minimum atomic E-state index is -10.7. The molecule has 0 bridgehead atoms. The summed E-state index contributed by atoms with van der Waals surface area (Å²) >= 11 is 0. The van der Waals surface area contributed by atoms with Crippen molar-refractivity contribution in [2.75, 3.05) is 6.54 Å². The third-order valence-electron chi connectivity index (χ3n) is 1.22. The minimum Gasteiger partial charge on any atom is -0.330 e. The van der Waals surface area contributed by atoms with E-state index in [1.807, 2.05) is 18.7 Å². The summed E-state index contributed by atoms with van der Waals surface area (Å²) in [5.74, 6) is 0. The fraction of sp³-hybridized carbons (Fsp3) is 0.500. The van der Waals surface area contributed by atoms with Gasteiger partial charge in [0.15, 0.2) is 0 Å². The van der Waals surface area contributed by atoms with E-state index in [-0.39, 0.29) is 0 Å². The first-order valence-corrected chi connectivity index (χ1v) is 6.19. The Morgan fingerprint density at radius 2 is 1.62 bits per heavy atom. The number of nitrogens with one attached hydrogen (secondary N) is 1. The second-order valence-electron chi connectivity index (χ2n) is 2.95. The smallest absolute Gasteiger partial charge is 0.241 e. The van der Waals surface area contributed by atoms with Gasteiger partial charge in [-0.15, -0.1) is 0 Å². The van der Waals surface area contributed by atoms with E-state index in [1.54, 1.807) is 0 Å². The van der Waals surface area contributed by atoms with Gasteiger partial charge in [0, 0.05) is 0 Å². The SMILES string of the molecule is F[P-](F)(F)(F)(F)F.NCCC[n+]1cc[nH]c1. The second kappa shape index (κ2) is 4.21. The van der Waals surface area contributed by atoms with E-state index >= 15 is 0 Å². The van der Waals surface area contributed by atoms with Crippen LogP contribution in [0.5, 0.6) is 0 Å². The van der Waals surface area contributed by atoms with Crippen molar-refractivity contribution >= 4 is 7.81 Å². The Morgan fingerprint density at radius 1 is 1.12 bits per heavy atom. The molecule has 0 saturated carbocycles. The zero-order valence-corrected chi connectivity index (χ0v) is 8.99. The van der Waals surface area contributed by atoms with Crippen molar-refractivity contribution < 1.29 is 29.7 Å². The van der Waals surface area contributed by atoms with Gasteiger partial charge < -0.3 is 5.73 Å². The molecule has 0 amide bonds. The number of aryl methyl sites for hydroxylation is 1. The number of H-pyrrole nitrogens is 1.